The Balaban J connectivity index is 1.46. The zero-order valence-electron chi connectivity index (χ0n) is 18.4. The molecule has 0 aliphatic carbocycles. The summed E-state index contributed by atoms with van der Waals surface area (Å²) < 4.78 is 0. The van der Waals surface area contributed by atoms with E-state index in [1.54, 1.807) is 24.3 Å². The minimum absolute atomic E-state index is 0.187. The van der Waals surface area contributed by atoms with Crippen LogP contribution in [0, 0.1) is 0 Å². The van der Waals surface area contributed by atoms with Gasteiger partial charge in [-0.2, -0.15) is 5.10 Å². The Bertz CT molecular complexity index is 1020. The van der Waals surface area contributed by atoms with Gasteiger partial charge in [-0.3, -0.25) is 19.3 Å². The molecule has 9 nitrogen and oxygen atoms in total. The average molecular weight is 469 g/mol. The number of benzene rings is 2. The molecule has 1 heterocycles. The maximum atomic E-state index is 12.7. The molecule has 0 radical (unpaired) electrons. The van der Waals surface area contributed by atoms with Gasteiger partial charge in [0.25, 0.3) is 5.24 Å². The summed E-state index contributed by atoms with van der Waals surface area (Å²) >= 11 is 1.06. The fourth-order valence-electron chi connectivity index (χ4n) is 3.48. The number of imide groups is 1. The van der Waals surface area contributed by atoms with Crippen LogP contribution in [0.25, 0.3) is 0 Å². The fraction of sp³-hybridized carbons (Fsp3) is 0.304. The van der Waals surface area contributed by atoms with Crippen molar-refractivity contribution < 1.29 is 14.4 Å². The lowest BCUT2D eigenvalue weighted by Crippen LogP contribution is -2.33. The molecular formula is C23H28N6O3S. The van der Waals surface area contributed by atoms with Crippen molar-refractivity contribution in [2.75, 3.05) is 11.9 Å². The van der Waals surface area contributed by atoms with Crippen LogP contribution in [0.4, 0.5) is 10.5 Å². The van der Waals surface area contributed by atoms with Crippen LogP contribution in [0.3, 0.4) is 0 Å². The summed E-state index contributed by atoms with van der Waals surface area (Å²) in [6.45, 7) is 2.31. The molecule has 1 fully saturated rings. The zero-order chi connectivity index (χ0) is 23.8. The van der Waals surface area contributed by atoms with Gasteiger partial charge in [-0.05, 0) is 54.7 Å². The van der Waals surface area contributed by atoms with Crippen molar-refractivity contribution in [3.8, 4) is 0 Å². The number of carbonyl (C=O) groups is 3. The molecule has 0 bridgehead atoms. The smallest absolute Gasteiger partial charge is 0.289 e. The predicted octanol–water partition coefficient (Wildman–Crippen LogP) is 2.36. The third-order valence-corrected chi connectivity index (χ3v) is 6.43. The number of anilines is 1. The van der Waals surface area contributed by atoms with Crippen LogP contribution in [0.1, 0.15) is 36.5 Å². The Hall–Kier alpha value is -3.37. The lowest BCUT2D eigenvalue weighted by atomic mass is 10.1. The number of thioether (sulfide) groups is 1. The monoisotopic (exact) mass is 468 g/mol. The lowest BCUT2D eigenvalue weighted by molar-refractivity contribution is -0.127. The van der Waals surface area contributed by atoms with Crippen molar-refractivity contribution in [2.24, 2.45) is 16.8 Å². The molecular weight excluding hydrogens is 440 g/mol. The van der Waals surface area contributed by atoms with Gasteiger partial charge in [0.05, 0.1) is 5.25 Å². The Morgan fingerprint density at radius 2 is 1.76 bits per heavy atom. The zero-order valence-corrected chi connectivity index (χ0v) is 19.2. The number of hydrazone groups is 1. The van der Waals surface area contributed by atoms with Gasteiger partial charge in [-0.1, -0.05) is 43.0 Å². The number of nitrogens with one attached hydrogen (secondary N) is 2. The number of hydrogen-bond acceptors (Lipinski definition) is 7. The summed E-state index contributed by atoms with van der Waals surface area (Å²) in [6, 6.07) is 15.0. The van der Waals surface area contributed by atoms with Gasteiger partial charge in [0, 0.05) is 24.2 Å². The van der Waals surface area contributed by atoms with Crippen molar-refractivity contribution in [2.45, 2.75) is 37.9 Å². The molecule has 1 saturated heterocycles. The van der Waals surface area contributed by atoms with Gasteiger partial charge in [-0.25, -0.2) is 5.84 Å². The number of rotatable bonds is 9. The van der Waals surface area contributed by atoms with Crippen molar-refractivity contribution in [3.05, 3.63) is 65.2 Å². The summed E-state index contributed by atoms with van der Waals surface area (Å²) in [5, 5.41) is 5.65. The normalized spacial score (nSPS) is 16.2. The van der Waals surface area contributed by atoms with Gasteiger partial charge >= 0.3 is 0 Å². The van der Waals surface area contributed by atoms with Crippen molar-refractivity contribution in [1.29, 1.82) is 0 Å². The van der Waals surface area contributed by atoms with Crippen LogP contribution < -0.4 is 22.4 Å². The van der Waals surface area contributed by atoms with E-state index in [9.17, 15) is 14.4 Å². The lowest BCUT2D eigenvalue weighted by Gasteiger charge is -2.14. The molecule has 1 aliphatic heterocycles. The third kappa shape index (κ3) is 6.33. The molecule has 0 aromatic heterocycles. The number of amides is 3. The molecule has 2 aromatic carbocycles. The van der Waals surface area contributed by atoms with Crippen LogP contribution in [0.2, 0.25) is 0 Å². The van der Waals surface area contributed by atoms with E-state index >= 15 is 0 Å². The van der Waals surface area contributed by atoms with Crippen LogP contribution >= 0.6 is 11.8 Å². The van der Waals surface area contributed by atoms with Gasteiger partial charge in [-0.15, -0.1) is 0 Å². The summed E-state index contributed by atoms with van der Waals surface area (Å²) in [4.78, 5) is 38.5. The van der Waals surface area contributed by atoms with Crippen LogP contribution in [-0.4, -0.2) is 39.6 Å². The molecule has 33 heavy (non-hydrogen) atoms. The molecule has 1 aliphatic rings. The number of nitrogens with two attached hydrogens (primary N) is 2. The number of aryl methyl sites for hydroxylation is 1. The minimum Gasteiger partial charge on any atom is -0.326 e. The maximum Gasteiger partial charge on any atom is 0.289 e. The first kappa shape index (κ1) is 24.3. The maximum absolute atomic E-state index is 12.7. The molecule has 6 N–H and O–H groups in total. The highest BCUT2D eigenvalue weighted by molar-refractivity contribution is 8.15. The minimum atomic E-state index is -0.415. The number of hydrazine groups is 1. The Kier molecular flexibility index (Phi) is 8.45. The predicted molar refractivity (Wildman–Crippen MR) is 130 cm³/mol. The van der Waals surface area contributed by atoms with Gasteiger partial charge in [0.2, 0.25) is 11.8 Å². The average Bonchev–Trinajstić information content (AvgIpc) is 3.08. The van der Waals surface area contributed by atoms with Gasteiger partial charge in [0.15, 0.2) is 5.84 Å². The number of carbonyl (C=O) groups excluding carboxylic acids is 3. The van der Waals surface area contributed by atoms with Crippen molar-refractivity contribution >= 4 is 40.3 Å². The van der Waals surface area contributed by atoms with E-state index in [-0.39, 0.29) is 30.0 Å². The highest BCUT2D eigenvalue weighted by Crippen LogP contribution is 2.30. The quantitative estimate of drug-likeness (QED) is 0.191. The van der Waals surface area contributed by atoms with Crippen molar-refractivity contribution in [1.82, 2.24) is 10.3 Å². The Labute approximate surface area is 196 Å². The topological polar surface area (TPSA) is 143 Å². The van der Waals surface area contributed by atoms with E-state index in [4.69, 9.17) is 11.7 Å². The van der Waals surface area contributed by atoms with E-state index < -0.39 is 5.25 Å². The summed E-state index contributed by atoms with van der Waals surface area (Å²) in [6.07, 6.45) is 2.05. The first-order valence-electron chi connectivity index (χ1n) is 10.7. The molecule has 2 aromatic rings. The van der Waals surface area contributed by atoms with E-state index in [2.05, 4.69) is 22.8 Å². The summed E-state index contributed by atoms with van der Waals surface area (Å²) in [7, 11) is 0. The van der Waals surface area contributed by atoms with E-state index in [0.717, 1.165) is 23.7 Å². The van der Waals surface area contributed by atoms with E-state index in [1.807, 2.05) is 24.3 Å². The van der Waals surface area contributed by atoms with E-state index in [0.29, 0.717) is 29.9 Å². The highest BCUT2D eigenvalue weighted by Gasteiger charge is 2.39. The van der Waals surface area contributed by atoms with Crippen LogP contribution in [-0.2, 0) is 22.4 Å². The fourth-order valence-corrected chi connectivity index (χ4v) is 4.54. The van der Waals surface area contributed by atoms with Crippen molar-refractivity contribution in [3.63, 3.8) is 0 Å². The van der Waals surface area contributed by atoms with Crippen LogP contribution in [0.5, 0.6) is 0 Å². The SMILES string of the molecule is CCc1ccc(CC2SC(=O)N(CCCC(=O)Nc3ccc(/C(=N/N)NN)cc3)C2=O)cc1. The largest absolute Gasteiger partial charge is 0.326 e. The molecule has 3 amide bonds. The highest BCUT2D eigenvalue weighted by atomic mass is 32.2. The second-order valence-electron chi connectivity index (χ2n) is 7.59. The summed E-state index contributed by atoms with van der Waals surface area (Å²) in [5.74, 6) is 10.5. The molecule has 1 unspecified atom stereocenters. The van der Waals surface area contributed by atoms with Gasteiger partial charge < -0.3 is 16.6 Å². The first-order chi connectivity index (χ1) is 15.9. The second-order valence-corrected chi connectivity index (χ2v) is 8.74. The standard InChI is InChI=1S/C23H28N6O3S/c1-2-15-5-7-16(8-6-15)14-19-22(31)29(23(32)33-19)13-3-4-20(30)26-18-11-9-17(10-12-18)21(27-24)28-25/h5-12,19H,2-4,13-14,24-25H2,1H3,(H,26,30)(H,27,28). The molecule has 10 heteroatoms. The molecule has 0 spiro atoms. The van der Waals surface area contributed by atoms with E-state index in [1.165, 1.54) is 10.5 Å². The first-order valence-corrected chi connectivity index (χ1v) is 11.6. The molecule has 1 atom stereocenters. The third-order valence-electron chi connectivity index (χ3n) is 5.35. The Morgan fingerprint density at radius 1 is 1.09 bits per heavy atom. The number of amidine groups is 1. The second kappa shape index (κ2) is 11.5. The number of nitrogens with zero attached hydrogens (tertiary/aromatic N) is 2. The van der Waals surface area contributed by atoms with Crippen LogP contribution in [0.15, 0.2) is 53.6 Å². The molecule has 3 rings (SSSR count). The van der Waals surface area contributed by atoms with Gasteiger partial charge in [0.1, 0.15) is 0 Å². The molecule has 0 saturated carbocycles. The number of hydrogen-bond donors (Lipinski definition) is 4. The Morgan fingerprint density at radius 3 is 2.36 bits per heavy atom. The molecule has 174 valence electrons. The summed E-state index contributed by atoms with van der Waals surface area (Å²) in [5.41, 5.74) is 5.94.